The SMILES string of the molecule is COC(=O)CC1CCN(c2ccc(Br)cc2N)CC1. The van der Waals surface area contributed by atoms with Crippen molar-refractivity contribution in [2.24, 2.45) is 5.92 Å². The molecule has 1 fully saturated rings. The van der Waals surface area contributed by atoms with E-state index in [1.807, 2.05) is 18.2 Å². The molecular formula is C14H19BrN2O2. The molecule has 19 heavy (non-hydrogen) atoms. The van der Waals surface area contributed by atoms with Crippen LogP contribution in [0.2, 0.25) is 0 Å². The van der Waals surface area contributed by atoms with Crippen molar-refractivity contribution >= 4 is 33.3 Å². The summed E-state index contributed by atoms with van der Waals surface area (Å²) in [5, 5.41) is 0. The Morgan fingerprint density at radius 3 is 2.74 bits per heavy atom. The number of anilines is 2. The summed E-state index contributed by atoms with van der Waals surface area (Å²) >= 11 is 3.41. The minimum Gasteiger partial charge on any atom is -0.469 e. The molecule has 4 nitrogen and oxygen atoms in total. The standard InChI is InChI=1S/C14H19BrN2O2/c1-19-14(18)8-10-4-6-17(7-5-10)13-3-2-11(15)9-12(13)16/h2-3,9-10H,4-8,16H2,1H3. The summed E-state index contributed by atoms with van der Waals surface area (Å²) in [6.07, 6.45) is 2.54. The zero-order valence-electron chi connectivity index (χ0n) is 11.1. The molecule has 0 atom stereocenters. The van der Waals surface area contributed by atoms with E-state index in [9.17, 15) is 4.79 Å². The number of esters is 1. The molecule has 0 bridgehead atoms. The zero-order chi connectivity index (χ0) is 13.8. The van der Waals surface area contributed by atoms with Crippen LogP contribution in [0.5, 0.6) is 0 Å². The van der Waals surface area contributed by atoms with Crippen molar-refractivity contribution in [2.75, 3.05) is 30.8 Å². The normalized spacial score (nSPS) is 16.4. The summed E-state index contributed by atoms with van der Waals surface area (Å²) in [4.78, 5) is 13.5. The minimum atomic E-state index is -0.110. The number of halogens is 1. The number of piperidine rings is 1. The Morgan fingerprint density at radius 1 is 1.47 bits per heavy atom. The molecule has 0 aliphatic carbocycles. The zero-order valence-corrected chi connectivity index (χ0v) is 12.6. The second-order valence-corrected chi connectivity index (χ2v) is 5.83. The van der Waals surface area contributed by atoms with Gasteiger partial charge in [-0.2, -0.15) is 0 Å². The Kier molecular flexibility index (Phi) is 4.69. The van der Waals surface area contributed by atoms with Crippen LogP contribution in [0.3, 0.4) is 0 Å². The molecule has 0 radical (unpaired) electrons. The van der Waals surface area contributed by atoms with E-state index in [0.29, 0.717) is 12.3 Å². The minimum absolute atomic E-state index is 0.110. The molecule has 2 N–H and O–H groups in total. The van der Waals surface area contributed by atoms with Gasteiger partial charge in [0.25, 0.3) is 0 Å². The van der Waals surface area contributed by atoms with Crippen molar-refractivity contribution in [3.63, 3.8) is 0 Å². The average Bonchev–Trinajstić information content (AvgIpc) is 2.40. The fourth-order valence-electron chi connectivity index (χ4n) is 2.51. The third-order valence-electron chi connectivity index (χ3n) is 3.63. The molecule has 0 saturated carbocycles. The van der Waals surface area contributed by atoms with Crippen molar-refractivity contribution in [3.8, 4) is 0 Å². The maximum atomic E-state index is 11.3. The molecule has 0 spiro atoms. The fraction of sp³-hybridized carbons (Fsp3) is 0.500. The van der Waals surface area contributed by atoms with Crippen molar-refractivity contribution in [2.45, 2.75) is 19.3 Å². The van der Waals surface area contributed by atoms with E-state index in [1.54, 1.807) is 0 Å². The van der Waals surface area contributed by atoms with Gasteiger partial charge in [0, 0.05) is 24.0 Å². The summed E-state index contributed by atoms with van der Waals surface area (Å²) in [5.41, 5.74) is 7.92. The third-order valence-corrected chi connectivity index (χ3v) is 4.12. The Labute approximate surface area is 122 Å². The molecule has 1 aromatic carbocycles. The van der Waals surface area contributed by atoms with Crippen molar-refractivity contribution < 1.29 is 9.53 Å². The van der Waals surface area contributed by atoms with Gasteiger partial charge in [-0.1, -0.05) is 15.9 Å². The van der Waals surface area contributed by atoms with Gasteiger partial charge in [0.05, 0.1) is 18.5 Å². The Morgan fingerprint density at radius 2 is 2.16 bits per heavy atom. The van der Waals surface area contributed by atoms with E-state index in [2.05, 4.69) is 20.8 Å². The van der Waals surface area contributed by atoms with Crippen LogP contribution in [0.25, 0.3) is 0 Å². The van der Waals surface area contributed by atoms with Crippen LogP contribution in [0, 0.1) is 5.92 Å². The summed E-state index contributed by atoms with van der Waals surface area (Å²) in [6, 6.07) is 5.97. The molecule has 2 rings (SSSR count). The van der Waals surface area contributed by atoms with Gasteiger partial charge in [-0.25, -0.2) is 0 Å². The summed E-state index contributed by atoms with van der Waals surface area (Å²) < 4.78 is 5.71. The van der Waals surface area contributed by atoms with Gasteiger partial charge in [-0.15, -0.1) is 0 Å². The van der Waals surface area contributed by atoms with Gasteiger partial charge in [-0.3, -0.25) is 4.79 Å². The quantitative estimate of drug-likeness (QED) is 0.685. The van der Waals surface area contributed by atoms with Crippen LogP contribution in [-0.2, 0) is 9.53 Å². The molecular weight excluding hydrogens is 308 g/mol. The van der Waals surface area contributed by atoms with E-state index < -0.39 is 0 Å². The predicted molar refractivity (Wildman–Crippen MR) is 80.1 cm³/mol. The molecule has 104 valence electrons. The lowest BCUT2D eigenvalue weighted by molar-refractivity contribution is -0.141. The molecule has 1 aliphatic heterocycles. The van der Waals surface area contributed by atoms with Crippen LogP contribution < -0.4 is 10.6 Å². The van der Waals surface area contributed by atoms with Crippen LogP contribution >= 0.6 is 15.9 Å². The lowest BCUT2D eigenvalue weighted by Gasteiger charge is -2.34. The Balaban J connectivity index is 1.94. The first-order valence-electron chi connectivity index (χ1n) is 6.47. The number of carbonyl (C=O) groups excluding carboxylic acids is 1. The average molecular weight is 327 g/mol. The van der Waals surface area contributed by atoms with E-state index in [-0.39, 0.29) is 5.97 Å². The van der Waals surface area contributed by atoms with Crippen molar-refractivity contribution in [1.82, 2.24) is 0 Å². The fourth-order valence-corrected chi connectivity index (χ4v) is 2.89. The van der Waals surface area contributed by atoms with Crippen LogP contribution in [0.1, 0.15) is 19.3 Å². The van der Waals surface area contributed by atoms with E-state index >= 15 is 0 Å². The van der Waals surface area contributed by atoms with Crippen molar-refractivity contribution in [3.05, 3.63) is 22.7 Å². The first-order chi connectivity index (χ1) is 9.10. The van der Waals surface area contributed by atoms with Gasteiger partial charge >= 0.3 is 5.97 Å². The number of benzene rings is 1. The lowest BCUT2D eigenvalue weighted by Crippen LogP contribution is -2.34. The lowest BCUT2D eigenvalue weighted by atomic mass is 9.93. The number of nitrogens with zero attached hydrogens (tertiary/aromatic N) is 1. The number of methoxy groups -OCH3 is 1. The maximum Gasteiger partial charge on any atom is 0.305 e. The number of rotatable bonds is 3. The van der Waals surface area contributed by atoms with Crippen LogP contribution in [0.15, 0.2) is 22.7 Å². The third kappa shape index (κ3) is 3.62. The molecule has 0 unspecified atom stereocenters. The van der Waals surface area contributed by atoms with Gasteiger partial charge in [0.2, 0.25) is 0 Å². The number of hydrogen-bond donors (Lipinski definition) is 1. The number of nitrogens with two attached hydrogens (primary N) is 1. The highest BCUT2D eigenvalue weighted by Gasteiger charge is 2.22. The summed E-state index contributed by atoms with van der Waals surface area (Å²) in [5.74, 6) is 0.321. The first kappa shape index (κ1) is 14.2. The second kappa shape index (κ2) is 6.28. The molecule has 1 aromatic rings. The van der Waals surface area contributed by atoms with E-state index in [1.165, 1.54) is 7.11 Å². The van der Waals surface area contributed by atoms with Crippen molar-refractivity contribution in [1.29, 1.82) is 0 Å². The van der Waals surface area contributed by atoms with Gasteiger partial charge < -0.3 is 15.4 Å². The van der Waals surface area contributed by atoms with Gasteiger partial charge in [0.1, 0.15) is 0 Å². The number of nitrogen functional groups attached to an aromatic ring is 1. The largest absolute Gasteiger partial charge is 0.469 e. The van der Waals surface area contributed by atoms with Gasteiger partial charge in [-0.05, 0) is 37.0 Å². The van der Waals surface area contributed by atoms with Gasteiger partial charge in [0.15, 0.2) is 0 Å². The molecule has 0 amide bonds. The highest BCUT2D eigenvalue weighted by atomic mass is 79.9. The highest BCUT2D eigenvalue weighted by molar-refractivity contribution is 9.10. The summed E-state index contributed by atoms with van der Waals surface area (Å²) in [6.45, 7) is 1.88. The molecule has 0 aromatic heterocycles. The Hall–Kier alpha value is -1.23. The van der Waals surface area contributed by atoms with Crippen LogP contribution in [-0.4, -0.2) is 26.2 Å². The molecule has 5 heteroatoms. The highest BCUT2D eigenvalue weighted by Crippen LogP contribution is 2.31. The number of hydrogen-bond acceptors (Lipinski definition) is 4. The second-order valence-electron chi connectivity index (χ2n) is 4.91. The number of carbonyl (C=O) groups is 1. The van der Waals surface area contributed by atoms with Crippen LogP contribution in [0.4, 0.5) is 11.4 Å². The molecule has 1 saturated heterocycles. The molecule has 1 aliphatic rings. The topological polar surface area (TPSA) is 55.6 Å². The maximum absolute atomic E-state index is 11.3. The van der Waals surface area contributed by atoms with E-state index in [0.717, 1.165) is 41.8 Å². The Bertz CT molecular complexity index is 457. The smallest absolute Gasteiger partial charge is 0.305 e. The monoisotopic (exact) mass is 326 g/mol. The predicted octanol–water partition coefficient (Wildman–Crippen LogP) is 2.81. The molecule has 1 heterocycles. The first-order valence-corrected chi connectivity index (χ1v) is 7.26. The number of ether oxygens (including phenoxy) is 1. The van der Waals surface area contributed by atoms with E-state index in [4.69, 9.17) is 10.5 Å². The summed E-state index contributed by atoms with van der Waals surface area (Å²) in [7, 11) is 1.44.